The molecule has 2 heterocycles. The lowest BCUT2D eigenvalue weighted by molar-refractivity contribution is -0.141. The number of nitrogens with zero attached hydrogens (tertiary/aromatic N) is 2. The van der Waals surface area contributed by atoms with Crippen molar-refractivity contribution in [3.63, 3.8) is 0 Å². The van der Waals surface area contributed by atoms with Gasteiger partial charge < -0.3 is 10.0 Å². The van der Waals surface area contributed by atoms with E-state index in [-0.39, 0.29) is 37.3 Å². The molecule has 0 aliphatic carbocycles. The standard InChI is InChI=1S/C13H13FN2O3.2ClH/c14-11-5-9(6-15-7-11)1-2-12(17)16-4-3-10(8-16)13(18)19;;/h1-2,5-7,10H,3-4,8H2,(H,18,19);2*1H/b2-1+;;. The van der Waals surface area contributed by atoms with Gasteiger partial charge in [-0.15, -0.1) is 24.8 Å². The Morgan fingerprint density at radius 2 is 2.10 bits per heavy atom. The second-order valence-electron chi connectivity index (χ2n) is 4.38. The van der Waals surface area contributed by atoms with E-state index in [1.165, 1.54) is 29.3 Å². The van der Waals surface area contributed by atoms with Crippen LogP contribution in [-0.2, 0) is 9.59 Å². The number of carboxylic acids is 1. The van der Waals surface area contributed by atoms with Crippen molar-refractivity contribution < 1.29 is 19.1 Å². The van der Waals surface area contributed by atoms with Crippen LogP contribution in [0.4, 0.5) is 4.39 Å². The molecule has 1 aromatic heterocycles. The Morgan fingerprint density at radius 3 is 2.67 bits per heavy atom. The van der Waals surface area contributed by atoms with Gasteiger partial charge in [0.05, 0.1) is 12.1 Å². The highest BCUT2D eigenvalue weighted by Crippen LogP contribution is 2.16. The summed E-state index contributed by atoms with van der Waals surface area (Å²) in [5.74, 6) is -2.11. The molecule has 2 rings (SSSR count). The molecule has 1 aliphatic rings. The second kappa shape index (κ2) is 8.59. The second-order valence-corrected chi connectivity index (χ2v) is 4.38. The molecule has 1 N–H and O–H groups in total. The Hall–Kier alpha value is -1.66. The van der Waals surface area contributed by atoms with Gasteiger partial charge in [-0.25, -0.2) is 4.39 Å². The van der Waals surface area contributed by atoms with Gasteiger partial charge in [0.2, 0.25) is 5.91 Å². The zero-order valence-electron chi connectivity index (χ0n) is 10.9. The van der Waals surface area contributed by atoms with E-state index in [0.29, 0.717) is 18.5 Å². The Bertz CT molecular complexity index is 540. The predicted octanol–water partition coefficient (Wildman–Crippen LogP) is 2.01. The van der Waals surface area contributed by atoms with Crippen molar-refractivity contribution in [1.29, 1.82) is 0 Å². The van der Waals surface area contributed by atoms with Crippen molar-refractivity contribution in [2.45, 2.75) is 6.42 Å². The summed E-state index contributed by atoms with van der Waals surface area (Å²) >= 11 is 0. The number of amides is 1. The fourth-order valence-electron chi connectivity index (χ4n) is 1.95. The number of aliphatic carboxylic acids is 1. The van der Waals surface area contributed by atoms with E-state index >= 15 is 0 Å². The average molecular weight is 337 g/mol. The molecule has 1 fully saturated rings. The van der Waals surface area contributed by atoms with E-state index in [0.717, 1.165) is 6.20 Å². The Kier molecular flexibility index (Phi) is 7.91. The lowest BCUT2D eigenvalue weighted by atomic mass is 10.1. The predicted molar refractivity (Wildman–Crippen MR) is 80.0 cm³/mol. The number of halogens is 3. The van der Waals surface area contributed by atoms with Crippen molar-refractivity contribution in [1.82, 2.24) is 9.88 Å². The maximum atomic E-state index is 12.9. The normalized spacial score (nSPS) is 17.2. The molecule has 0 saturated carbocycles. The van der Waals surface area contributed by atoms with Gasteiger partial charge in [0.1, 0.15) is 5.82 Å². The monoisotopic (exact) mass is 336 g/mol. The number of hydrogen-bond donors (Lipinski definition) is 1. The zero-order valence-corrected chi connectivity index (χ0v) is 12.6. The third-order valence-corrected chi connectivity index (χ3v) is 2.99. The van der Waals surface area contributed by atoms with E-state index in [9.17, 15) is 14.0 Å². The van der Waals surface area contributed by atoms with Crippen LogP contribution in [-0.4, -0.2) is 40.0 Å². The van der Waals surface area contributed by atoms with Crippen LogP contribution in [0, 0.1) is 11.7 Å². The van der Waals surface area contributed by atoms with Crippen LogP contribution >= 0.6 is 24.8 Å². The third kappa shape index (κ3) is 5.32. The van der Waals surface area contributed by atoms with Crippen molar-refractivity contribution >= 4 is 42.8 Å². The van der Waals surface area contributed by atoms with Crippen LogP contribution in [0.1, 0.15) is 12.0 Å². The Balaban J connectivity index is 0.00000200. The molecule has 1 saturated heterocycles. The topological polar surface area (TPSA) is 70.5 Å². The Morgan fingerprint density at radius 1 is 1.38 bits per heavy atom. The highest BCUT2D eigenvalue weighted by molar-refractivity contribution is 5.92. The summed E-state index contributed by atoms with van der Waals surface area (Å²) in [6, 6.07) is 1.26. The largest absolute Gasteiger partial charge is 0.481 e. The van der Waals surface area contributed by atoms with E-state index in [1.54, 1.807) is 0 Å². The first-order valence-electron chi connectivity index (χ1n) is 5.86. The fraction of sp³-hybridized carbons (Fsp3) is 0.308. The molecule has 0 aromatic carbocycles. The summed E-state index contributed by atoms with van der Waals surface area (Å²) in [4.78, 5) is 27.7. The lowest BCUT2D eigenvalue weighted by Gasteiger charge is -2.12. The lowest BCUT2D eigenvalue weighted by Crippen LogP contribution is -2.28. The van der Waals surface area contributed by atoms with Gasteiger partial charge in [0.25, 0.3) is 0 Å². The first kappa shape index (κ1) is 19.3. The van der Waals surface area contributed by atoms with E-state index < -0.39 is 17.7 Å². The van der Waals surface area contributed by atoms with Gasteiger partial charge in [-0.2, -0.15) is 0 Å². The number of rotatable bonds is 3. The first-order valence-corrected chi connectivity index (χ1v) is 5.86. The molecule has 0 radical (unpaired) electrons. The fourth-order valence-corrected chi connectivity index (χ4v) is 1.95. The highest BCUT2D eigenvalue weighted by Gasteiger charge is 2.29. The summed E-state index contributed by atoms with van der Waals surface area (Å²) < 4.78 is 12.9. The number of pyridine rings is 1. The van der Waals surface area contributed by atoms with Crippen molar-refractivity contribution in [3.8, 4) is 0 Å². The Labute approximate surface area is 133 Å². The quantitative estimate of drug-likeness (QED) is 0.857. The van der Waals surface area contributed by atoms with Gasteiger partial charge in [0.15, 0.2) is 0 Å². The molecule has 21 heavy (non-hydrogen) atoms. The minimum absolute atomic E-state index is 0. The summed E-state index contributed by atoms with van der Waals surface area (Å²) in [6.45, 7) is 0.654. The maximum absolute atomic E-state index is 12.9. The molecule has 116 valence electrons. The summed E-state index contributed by atoms with van der Waals surface area (Å²) in [5, 5.41) is 8.85. The van der Waals surface area contributed by atoms with Gasteiger partial charge in [-0.05, 0) is 24.1 Å². The van der Waals surface area contributed by atoms with Crippen LogP contribution in [0.3, 0.4) is 0 Å². The van der Waals surface area contributed by atoms with Crippen LogP contribution in [0.25, 0.3) is 6.08 Å². The summed E-state index contributed by atoms with van der Waals surface area (Å²) in [6.07, 6.45) is 5.76. The highest BCUT2D eigenvalue weighted by atomic mass is 35.5. The molecule has 5 nitrogen and oxygen atoms in total. The van der Waals surface area contributed by atoms with Gasteiger partial charge in [-0.3, -0.25) is 14.6 Å². The maximum Gasteiger partial charge on any atom is 0.308 e. The minimum Gasteiger partial charge on any atom is -0.481 e. The van der Waals surface area contributed by atoms with E-state index in [2.05, 4.69) is 4.98 Å². The van der Waals surface area contributed by atoms with Crippen molar-refractivity contribution in [2.24, 2.45) is 5.92 Å². The van der Waals surface area contributed by atoms with Gasteiger partial charge >= 0.3 is 5.97 Å². The average Bonchev–Trinajstić information content (AvgIpc) is 2.86. The van der Waals surface area contributed by atoms with Gasteiger partial charge in [-0.1, -0.05) is 0 Å². The number of aromatic nitrogens is 1. The summed E-state index contributed by atoms with van der Waals surface area (Å²) in [7, 11) is 0. The molecular weight excluding hydrogens is 322 g/mol. The molecule has 8 heteroatoms. The van der Waals surface area contributed by atoms with Crippen LogP contribution in [0.2, 0.25) is 0 Å². The van der Waals surface area contributed by atoms with Gasteiger partial charge in [0, 0.05) is 25.4 Å². The van der Waals surface area contributed by atoms with Crippen molar-refractivity contribution in [3.05, 3.63) is 35.9 Å². The molecule has 1 unspecified atom stereocenters. The first-order chi connectivity index (χ1) is 9.06. The number of hydrogen-bond acceptors (Lipinski definition) is 3. The minimum atomic E-state index is -0.881. The van der Waals surface area contributed by atoms with Crippen LogP contribution in [0.5, 0.6) is 0 Å². The number of carbonyl (C=O) groups excluding carboxylic acids is 1. The molecule has 1 atom stereocenters. The third-order valence-electron chi connectivity index (χ3n) is 2.99. The summed E-state index contributed by atoms with van der Waals surface area (Å²) in [5.41, 5.74) is 0.488. The number of likely N-dealkylation sites (tertiary alicyclic amines) is 1. The molecular formula is C13H15Cl2FN2O3. The number of carboxylic acid groups (broad SMARTS) is 1. The van der Waals surface area contributed by atoms with E-state index in [4.69, 9.17) is 5.11 Å². The van der Waals surface area contributed by atoms with Crippen LogP contribution in [0.15, 0.2) is 24.5 Å². The zero-order chi connectivity index (χ0) is 13.8. The molecule has 0 spiro atoms. The van der Waals surface area contributed by atoms with Crippen LogP contribution < -0.4 is 0 Å². The number of carbonyl (C=O) groups is 2. The molecule has 1 aromatic rings. The molecule has 1 amide bonds. The van der Waals surface area contributed by atoms with Crippen molar-refractivity contribution in [2.75, 3.05) is 13.1 Å². The van der Waals surface area contributed by atoms with E-state index in [1.807, 2.05) is 0 Å². The SMILES string of the molecule is Cl.Cl.O=C(O)C1CCN(C(=O)/C=C/c2cncc(F)c2)C1. The molecule has 1 aliphatic heterocycles. The smallest absolute Gasteiger partial charge is 0.308 e. The molecule has 0 bridgehead atoms.